The van der Waals surface area contributed by atoms with Crippen LogP contribution in [0, 0.1) is 20.8 Å². The van der Waals surface area contributed by atoms with E-state index in [1.54, 1.807) is 31.6 Å². The lowest BCUT2D eigenvalue weighted by Crippen LogP contribution is -2.23. The SMILES string of the molecule is COc1c(C)cc(CNC(=O)c2ccncc2)c(C)c1C. The van der Waals surface area contributed by atoms with Crippen LogP contribution in [-0.4, -0.2) is 18.0 Å². The van der Waals surface area contributed by atoms with Crippen LogP contribution in [0.25, 0.3) is 0 Å². The maximum Gasteiger partial charge on any atom is 0.251 e. The van der Waals surface area contributed by atoms with Crippen molar-refractivity contribution in [2.24, 2.45) is 0 Å². The summed E-state index contributed by atoms with van der Waals surface area (Å²) in [5.74, 6) is 0.819. The third-order valence-corrected chi connectivity index (χ3v) is 3.72. The Labute approximate surface area is 125 Å². The molecule has 0 atom stereocenters. The van der Waals surface area contributed by atoms with Gasteiger partial charge >= 0.3 is 0 Å². The van der Waals surface area contributed by atoms with E-state index in [4.69, 9.17) is 4.74 Å². The summed E-state index contributed by atoms with van der Waals surface area (Å²) in [5.41, 5.74) is 5.06. The minimum atomic E-state index is -0.0945. The quantitative estimate of drug-likeness (QED) is 0.939. The van der Waals surface area contributed by atoms with Gasteiger partial charge in [0, 0.05) is 24.5 Å². The molecular weight excluding hydrogens is 264 g/mol. The van der Waals surface area contributed by atoms with Gasteiger partial charge in [0.25, 0.3) is 5.91 Å². The first-order valence-electron chi connectivity index (χ1n) is 6.86. The number of nitrogens with zero attached hydrogens (tertiary/aromatic N) is 1. The first kappa shape index (κ1) is 15.0. The molecule has 0 radical (unpaired) electrons. The molecule has 0 unspecified atom stereocenters. The molecule has 0 aliphatic carbocycles. The van der Waals surface area contributed by atoms with E-state index in [-0.39, 0.29) is 5.91 Å². The normalized spacial score (nSPS) is 10.3. The molecule has 1 N–H and O–H groups in total. The lowest BCUT2D eigenvalue weighted by atomic mass is 9.98. The number of hydrogen-bond acceptors (Lipinski definition) is 3. The van der Waals surface area contributed by atoms with E-state index in [2.05, 4.69) is 16.4 Å². The van der Waals surface area contributed by atoms with Crippen molar-refractivity contribution >= 4 is 5.91 Å². The average Bonchev–Trinajstić information content (AvgIpc) is 2.50. The number of aryl methyl sites for hydroxylation is 1. The van der Waals surface area contributed by atoms with Crippen LogP contribution in [0.15, 0.2) is 30.6 Å². The number of pyridine rings is 1. The second kappa shape index (κ2) is 6.39. The van der Waals surface area contributed by atoms with E-state index in [0.29, 0.717) is 12.1 Å². The zero-order valence-corrected chi connectivity index (χ0v) is 12.9. The molecule has 0 fully saturated rings. The molecule has 0 saturated heterocycles. The number of nitrogens with one attached hydrogen (secondary N) is 1. The van der Waals surface area contributed by atoms with Crippen molar-refractivity contribution in [3.05, 3.63) is 58.4 Å². The zero-order chi connectivity index (χ0) is 15.4. The van der Waals surface area contributed by atoms with Crippen molar-refractivity contribution in [1.29, 1.82) is 0 Å². The Morgan fingerprint density at radius 3 is 2.48 bits per heavy atom. The minimum Gasteiger partial charge on any atom is -0.496 e. The molecule has 1 aromatic heterocycles. The molecule has 110 valence electrons. The van der Waals surface area contributed by atoms with Crippen molar-refractivity contribution < 1.29 is 9.53 Å². The number of methoxy groups -OCH3 is 1. The van der Waals surface area contributed by atoms with Gasteiger partial charge < -0.3 is 10.1 Å². The smallest absolute Gasteiger partial charge is 0.251 e. The Balaban J connectivity index is 2.16. The monoisotopic (exact) mass is 284 g/mol. The van der Waals surface area contributed by atoms with Gasteiger partial charge in [0.1, 0.15) is 5.75 Å². The zero-order valence-electron chi connectivity index (χ0n) is 12.9. The van der Waals surface area contributed by atoms with E-state index in [1.165, 1.54) is 0 Å². The fourth-order valence-corrected chi connectivity index (χ4v) is 2.42. The molecule has 0 spiro atoms. The van der Waals surface area contributed by atoms with E-state index in [9.17, 15) is 4.79 Å². The number of carbonyl (C=O) groups excluding carboxylic acids is 1. The van der Waals surface area contributed by atoms with Crippen LogP contribution in [0.3, 0.4) is 0 Å². The lowest BCUT2D eigenvalue weighted by molar-refractivity contribution is 0.0950. The van der Waals surface area contributed by atoms with E-state index < -0.39 is 0 Å². The molecule has 1 aromatic carbocycles. The first-order valence-corrected chi connectivity index (χ1v) is 6.86. The Morgan fingerprint density at radius 2 is 1.86 bits per heavy atom. The van der Waals surface area contributed by atoms with Crippen LogP contribution in [0.5, 0.6) is 5.75 Å². The Hall–Kier alpha value is -2.36. The fraction of sp³-hybridized carbons (Fsp3) is 0.294. The number of amides is 1. The van der Waals surface area contributed by atoms with Gasteiger partial charge in [-0.1, -0.05) is 6.07 Å². The maximum absolute atomic E-state index is 12.1. The van der Waals surface area contributed by atoms with Gasteiger partial charge in [-0.25, -0.2) is 0 Å². The summed E-state index contributed by atoms with van der Waals surface area (Å²) in [6.45, 7) is 6.60. The molecule has 21 heavy (non-hydrogen) atoms. The highest BCUT2D eigenvalue weighted by Gasteiger charge is 2.12. The predicted molar refractivity (Wildman–Crippen MR) is 82.6 cm³/mol. The lowest BCUT2D eigenvalue weighted by Gasteiger charge is -2.16. The maximum atomic E-state index is 12.1. The Morgan fingerprint density at radius 1 is 1.19 bits per heavy atom. The van der Waals surface area contributed by atoms with E-state index in [1.807, 2.05) is 20.8 Å². The van der Waals surface area contributed by atoms with Gasteiger partial charge in [-0.2, -0.15) is 0 Å². The second-order valence-corrected chi connectivity index (χ2v) is 5.05. The first-order chi connectivity index (χ1) is 10.0. The molecule has 4 nitrogen and oxygen atoms in total. The molecule has 4 heteroatoms. The van der Waals surface area contributed by atoms with Crippen LogP contribution >= 0.6 is 0 Å². The third-order valence-electron chi connectivity index (χ3n) is 3.72. The third kappa shape index (κ3) is 3.21. The van der Waals surface area contributed by atoms with Gasteiger partial charge in [0.2, 0.25) is 0 Å². The molecule has 0 saturated carbocycles. The molecule has 2 aromatic rings. The highest BCUT2D eigenvalue weighted by atomic mass is 16.5. The van der Waals surface area contributed by atoms with E-state index in [0.717, 1.165) is 28.0 Å². The van der Waals surface area contributed by atoms with Crippen LogP contribution in [0.2, 0.25) is 0 Å². The van der Waals surface area contributed by atoms with Gasteiger partial charge in [0.05, 0.1) is 7.11 Å². The average molecular weight is 284 g/mol. The summed E-state index contributed by atoms with van der Waals surface area (Å²) >= 11 is 0. The number of aromatic nitrogens is 1. The van der Waals surface area contributed by atoms with Gasteiger partial charge in [0.15, 0.2) is 0 Å². The Kier molecular flexibility index (Phi) is 4.58. The largest absolute Gasteiger partial charge is 0.496 e. The predicted octanol–water partition coefficient (Wildman–Crippen LogP) is 2.95. The fourth-order valence-electron chi connectivity index (χ4n) is 2.42. The number of rotatable bonds is 4. The van der Waals surface area contributed by atoms with Crippen molar-refractivity contribution in [2.75, 3.05) is 7.11 Å². The summed E-state index contributed by atoms with van der Waals surface area (Å²) in [5, 5.41) is 2.94. The highest BCUT2D eigenvalue weighted by Crippen LogP contribution is 2.28. The van der Waals surface area contributed by atoms with Crippen molar-refractivity contribution in [3.8, 4) is 5.75 Å². The number of ether oxygens (including phenoxy) is 1. The number of benzene rings is 1. The standard InChI is InChI=1S/C17H20N2O2/c1-11-9-15(12(2)13(3)16(11)21-4)10-19-17(20)14-5-7-18-8-6-14/h5-9H,10H2,1-4H3,(H,19,20). The van der Waals surface area contributed by atoms with Crippen LogP contribution in [0.4, 0.5) is 0 Å². The van der Waals surface area contributed by atoms with Gasteiger partial charge in [-0.15, -0.1) is 0 Å². The van der Waals surface area contributed by atoms with E-state index >= 15 is 0 Å². The number of hydrogen-bond donors (Lipinski definition) is 1. The molecule has 0 aliphatic rings. The molecule has 1 heterocycles. The summed E-state index contributed by atoms with van der Waals surface area (Å²) in [6.07, 6.45) is 3.23. The van der Waals surface area contributed by atoms with Crippen molar-refractivity contribution in [2.45, 2.75) is 27.3 Å². The molecule has 0 bridgehead atoms. The molecular formula is C17H20N2O2. The second-order valence-electron chi connectivity index (χ2n) is 5.05. The number of carbonyl (C=O) groups is 1. The van der Waals surface area contributed by atoms with Crippen LogP contribution in [0.1, 0.15) is 32.6 Å². The Bertz CT molecular complexity index is 652. The minimum absolute atomic E-state index is 0.0945. The topological polar surface area (TPSA) is 51.2 Å². The van der Waals surface area contributed by atoms with Crippen LogP contribution < -0.4 is 10.1 Å². The van der Waals surface area contributed by atoms with Gasteiger partial charge in [-0.05, 0) is 55.2 Å². The van der Waals surface area contributed by atoms with Crippen molar-refractivity contribution in [3.63, 3.8) is 0 Å². The summed E-state index contributed by atoms with van der Waals surface area (Å²) in [6, 6.07) is 5.47. The highest BCUT2D eigenvalue weighted by molar-refractivity contribution is 5.93. The molecule has 2 rings (SSSR count). The van der Waals surface area contributed by atoms with Crippen LogP contribution in [-0.2, 0) is 6.54 Å². The molecule has 0 aliphatic heterocycles. The van der Waals surface area contributed by atoms with Gasteiger partial charge in [-0.3, -0.25) is 9.78 Å². The summed E-state index contributed by atoms with van der Waals surface area (Å²) < 4.78 is 5.41. The summed E-state index contributed by atoms with van der Waals surface area (Å²) in [4.78, 5) is 16.0. The summed E-state index contributed by atoms with van der Waals surface area (Å²) in [7, 11) is 1.68. The molecule has 1 amide bonds. The van der Waals surface area contributed by atoms with Crippen molar-refractivity contribution in [1.82, 2.24) is 10.3 Å².